The zero-order valence-electron chi connectivity index (χ0n) is 15.0. The van der Waals surface area contributed by atoms with Crippen molar-refractivity contribution in [2.45, 2.75) is 43.4 Å². The highest BCUT2D eigenvalue weighted by Gasteiger charge is 2.32. The molecule has 0 atom stereocenters. The quantitative estimate of drug-likeness (QED) is 0.839. The summed E-state index contributed by atoms with van der Waals surface area (Å²) in [4.78, 5) is 15.3. The van der Waals surface area contributed by atoms with E-state index >= 15 is 0 Å². The topological polar surface area (TPSA) is 66.5 Å². The lowest BCUT2D eigenvalue weighted by atomic mass is 9.84. The van der Waals surface area contributed by atoms with Gasteiger partial charge in [0.15, 0.2) is 0 Å². The molecule has 0 bridgehead atoms. The van der Waals surface area contributed by atoms with E-state index in [-0.39, 0.29) is 21.7 Å². The molecule has 1 aromatic carbocycles. The average molecular weight is 409 g/mol. The van der Waals surface area contributed by atoms with Gasteiger partial charge < -0.3 is 4.90 Å². The summed E-state index contributed by atoms with van der Waals surface area (Å²) < 4.78 is 41.7. The Hall–Kier alpha value is -1.93. The highest BCUT2D eigenvalue weighted by Crippen LogP contribution is 2.34. The number of carbonyl (C=O) groups excluding carboxylic acids is 1. The maximum absolute atomic E-state index is 13.7. The van der Waals surface area contributed by atoms with Gasteiger partial charge in [-0.15, -0.1) is 11.3 Å². The largest absolute Gasteiger partial charge is 0.338 e. The van der Waals surface area contributed by atoms with E-state index < -0.39 is 15.8 Å². The van der Waals surface area contributed by atoms with E-state index in [1.54, 1.807) is 19.1 Å². The normalized spacial score (nSPS) is 17.3. The van der Waals surface area contributed by atoms with Gasteiger partial charge >= 0.3 is 0 Å². The summed E-state index contributed by atoms with van der Waals surface area (Å²) in [6.45, 7) is 2.73. The van der Waals surface area contributed by atoms with E-state index in [9.17, 15) is 17.6 Å². The van der Waals surface area contributed by atoms with Crippen molar-refractivity contribution in [3.63, 3.8) is 0 Å². The molecule has 1 saturated carbocycles. The Morgan fingerprint density at radius 3 is 2.74 bits per heavy atom. The number of rotatable bonds is 4. The van der Waals surface area contributed by atoms with Crippen molar-refractivity contribution in [2.75, 3.05) is 11.3 Å². The van der Waals surface area contributed by atoms with E-state index in [0.29, 0.717) is 25.1 Å². The number of nitrogens with zero attached hydrogens (tertiary/aromatic N) is 1. The van der Waals surface area contributed by atoms with Gasteiger partial charge in [-0.2, -0.15) is 0 Å². The first kappa shape index (κ1) is 18.4. The average Bonchev–Trinajstić information content (AvgIpc) is 3.00. The van der Waals surface area contributed by atoms with Crippen LogP contribution < -0.4 is 4.72 Å². The van der Waals surface area contributed by atoms with Crippen LogP contribution in [0.5, 0.6) is 0 Å². The van der Waals surface area contributed by atoms with Gasteiger partial charge in [-0.25, -0.2) is 12.8 Å². The Morgan fingerprint density at radius 2 is 2.07 bits per heavy atom. The summed E-state index contributed by atoms with van der Waals surface area (Å²) in [5, 5.41) is 0. The molecule has 1 aliphatic carbocycles. The number of aryl methyl sites for hydroxylation is 1. The summed E-state index contributed by atoms with van der Waals surface area (Å²) in [7, 11) is -3.79. The first-order valence-corrected chi connectivity index (χ1v) is 11.3. The number of carbonyl (C=O) groups is 1. The molecule has 4 rings (SSSR count). The highest BCUT2D eigenvalue weighted by molar-refractivity contribution is 7.94. The predicted molar refractivity (Wildman–Crippen MR) is 103 cm³/mol. The Bertz CT molecular complexity index is 996. The zero-order chi connectivity index (χ0) is 19.2. The van der Waals surface area contributed by atoms with Crippen molar-refractivity contribution < 1.29 is 17.6 Å². The van der Waals surface area contributed by atoms with Crippen LogP contribution in [-0.2, 0) is 27.8 Å². The molecular formula is C19H21FN2O3S2. The third kappa shape index (κ3) is 3.60. The number of nitrogens with one attached hydrogen (secondary N) is 1. The maximum atomic E-state index is 13.7. The SMILES string of the molecule is Cc1ccc(NS(=O)(=O)c2cc3c(s2)CCN(C(=O)C2CCC2)C3)cc1F. The van der Waals surface area contributed by atoms with Gasteiger partial charge in [0.05, 0.1) is 5.69 Å². The monoisotopic (exact) mass is 408 g/mol. The molecule has 0 unspecified atom stereocenters. The molecule has 8 heteroatoms. The van der Waals surface area contributed by atoms with Crippen LogP contribution in [0.4, 0.5) is 10.1 Å². The van der Waals surface area contributed by atoms with E-state index in [1.165, 1.54) is 23.5 Å². The fraction of sp³-hybridized carbons (Fsp3) is 0.421. The van der Waals surface area contributed by atoms with E-state index in [1.807, 2.05) is 4.90 Å². The first-order valence-electron chi connectivity index (χ1n) is 9.03. The number of halogens is 1. The van der Waals surface area contributed by atoms with Gasteiger partial charge in [-0.1, -0.05) is 12.5 Å². The van der Waals surface area contributed by atoms with E-state index in [2.05, 4.69) is 4.72 Å². The number of hydrogen-bond acceptors (Lipinski definition) is 4. The molecule has 2 heterocycles. The fourth-order valence-corrected chi connectivity index (χ4v) is 5.99. The second-order valence-electron chi connectivity index (χ2n) is 7.22. The molecule has 27 heavy (non-hydrogen) atoms. The van der Waals surface area contributed by atoms with Crippen LogP contribution in [0.15, 0.2) is 28.5 Å². The van der Waals surface area contributed by atoms with Crippen LogP contribution >= 0.6 is 11.3 Å². The van der Waals surface area contributed by atoms with Gasteiger partial charge in [0.1, 0.15) is 10.0 Å². The Labute approximate surface area is 162 Å². The standard InChI is InChI=1S/C19H21FN2O3S2/c1-12-5-6-15(10-16(12)20)21-27(24,25)18-9-14-11-22(8-7-17(14)26-18)19(23)13-3-2-4-13/h5-6,9-10,13,21H,2-4,7-8,11H2,1H3. The first-order chi connectivity index (χ1) is 12.8. The Balaban J connectivity index is 1.52. The molecule has 2 aliphatic rings. The van der Waals surface area contributed by atoms with Crippen LogP contribution in [0.1, 0.15) is 35.3 Å². The van der Waals surface area contributed by atoms with Gasteiger partial charge in [0.25, 0.3) is 10.0 Å². The maximum Gasteiger partial charge on any atom is 0.271 e. The number of benzene rings is 1. The molecule has 5 nitrogen and oxygen atoms in total. The molecule has 0 spiro atoms. The van der Waals surface area contributed by atoms with Crippen LogP contribution in [0.3, 0.4) is 0 Å². The van der Waals surface area contributed by atoms with E-state index in [4.69, 9.17) is 0 Å². The smallest absolute Gasteiger partial charge is 0.271 e. The van der Waals surface area contributed by atoms with Crippen molar-refractivity contribution in [3.05, 3.63) is 46.1 Å². The van der Waals surface area contributed by atoms with Crippen LogP contribution in [0.2, 0.25) is 0 Å². The number of amides is 1. The predicted octanol–water partition coefficient (Wildman–Crippen LogP) is 3.68. The van der Waals surface area contributed by atoms with Crippen LogP contribution in [-0.4, -0.2) is 25.8 Å². The molecule has 1 fully saturated rings. The van der Waals surface area contributed by atoms with E-state index in [0.717, 1.165) is 29.7 Å². The summed E-state index contributed by atoms with van der Waals surface area (Å²) in [5.41, 5.74) is 1.56. The molecule has 1 N–H and O–H groups in total. The molecule has 1 amide bonds. The van der Waals surface area contributed by atoms with Gasteiger partial charge in [0, 0.05) is 23.9 Å². The Kier molecular flexibility index (Phi) is 4.71. The molecule has 1 aliphatic heterocycles. The van der Waals surface area contributed by atoms with Crippen molar-refractivity contribution in [1.29, 1.82) is 0 Å². The van der Waals surface area contributed by atoms with Crippen molar-refractivity contribution in [1.82, 2.24) is 4.90 Å². The number of thiophene rings is 1. The number of sulfonamides is 1. The molecule has 1 aromatic heterocycles. The third-order valence-electron chi connectivity index (χ3n) is 5.30. The van der Waals surface area contributed by atoms with Gasteiger partial charge in [-0.3, -0.25) is 9.52 Å². The molecule has 2 aromatic rings. The lowest BCUT2D eigenvalue weighted by Crippen LogP contribution is -2.41. The lowest BCUT2D eigenvalue weighted by Gasteiger charge is -2.33. The van der Waals surface area contributed by atoms with Crippen LogP contribution in [0.25, 0.3) is 0 Å². The third-order valence-corrected chi connectivity index (χ3v) is 8.39. The summed E-state index contributed by atoms with van der Waals surface area (Å²) in [6.07, 6.45) is 3.71. The molecule has 144 valence electrons. The summed E-state index contributed by atoms with van der Waals surface area (Å²) in [5.74, 6) is -0.118. The Morgan fingerprint density at radius 1 is 1.30 bits per heavy atom. The van der Waals surface area contributed by atoms with Crippen molar-refractivity contribution >= 4 is 33.0 Å². The highest BCUT2D eigenvalue weighted by atomic mass is 32.2. The number of anilines is 1. The molecule has 0 radical (unpaired) electrons. The molecule has 0 saturated heterocycles. The fourth-order valence-electron chi connectivity index (χ4n) is 3.40. The van der Waals surface area contributed by atoms with Gasteiger partial charge in [0.2, 0.25) is 5.91 Å². The number of hydrogen-bond donors (Lipinski definition) is 1. The van der Waals surface area contributed by atoms with Crippen molar-refractivity contribution in [3.8, 4) is 0 Å². The zero-order valence-corrected chi connectivity index (χ0v) is 16.6. The molecular weight excluding hydrogens is 387 g/mol. The van der Waals surface area contributed by atoms with Crippen LogP contribution in [0, 0.1) is 18.7 Å². The second-order valence-corrected chi connectivity index (χ2v) is 10.3. The number of fused-ring (bicyclic) bond motifs is 1. The summed E-state index contributed by atoms with van der Waals surface area (Å²) in [6, 6.07) is 5.91. The van der Waals surface area contributed by atoms with Gasteiger partial charge in [-0.05, 0) is 55.5 Å². The minimum atomic E-state index is -3.79. The lowest BCUT2D eigenvalue weighted by molar-refractivity contribution is -0.139. The van der Waals surface area contributed by atoms with Crippen molar-refractivity contribution in [2.24, 2.45) is 5.92 Å². The minimum Gasteiger partial charge on any atom is -0.338 e. The summed E-state index contributed by atoms with van der Waals surface area (Å²) >= 11 is 1.23. The second kappa shape index (κ2) is 6.91. The minimum absolute atomic E-state index is 0.145.